The maximum atomic E-state index is 12.9. The van der Waals surface area contributed by atoms with Gasteiger partial charge in [0.05, 0.1) is 5.02 Å². The number of carbonyl (C=O) groups is 1. The zero-order chi connectivity index (χ0) is 29.6. The van der Waals surface area contributed by atoms with Crippen LogP contribution in [0.4, 0.5) is 24.5 Å². The van der Waals surface area contributed by atoms with Crippen molar-refractivity contribution >= 4 is 40.6 Å². The molecule has 0 radical (unpaired) electrons. The molecule has 2 aromatic rings. The summed E-state index contributed by atoms with van der Waals surface area (Å²) in [7, 11) is 0. The molecule has 2 aliphatic rings. The van der Waals surface area contributed by atoms with Crippen LogP contribution in [0.25, 0.3) is 0 Å². The predicted octanol–water partition coefficient (Wildman–Crippen LogP) is 8.28. The molecule has 234 valence electrons. The Hall–Kier alpha value is -2.10. The van der Waals surface area contributed by atoms with Gasteiger partial charge >= 0.3 is 5.51 Å². The molecule has 0 saturated carbocycles. The molecule has 0 atom stereocenters. The number of benzene rings is 2. The maximum absolute atomic E-state index is 12.9. The van der Waals surface area contributed by atoms with E-state index in [0.29, 0.717) is 25.2 Å². The summed E-state index contributed by atoms with van der Waals surface area (Å²) in [5, 5.41) is 3.41. The first kappa shape index (κ1) is 34.4. The molecular weight excluding hydrogens is 581 g/mol. The number of anilines is 2. The molecule has 0 unspecified atom stereocenters. The van der Waals surface area contributed by atoms with Crippen molar-refractivity contribution in [1.82, 2.24) is 9.80 Å². The molecule has 0 aromatic heterocycles. The number of halogens is 4. The molecule has 0 spiro atoms. The Kier molecular flexibility index (Phi) is 12.3. The molecule has 2 aromatic carbocycles. The van der Waals surface area contributed by atoms with Crippen LogP contribution in [0.3, 0.4) is 0 Å². The van der Waals surface area contributed by atoms with Gasteiger partial charge < -0.3 is 20.0 Å². The van der Waals surface area contributed by atoms with Crippen molar-refractivity contribution in [2.45, 2.75) is 82.2 Å². The number of amides is 1. The maximum Gasteiger partial charge on any atom is 0.446 e. The number of nitrogens with one attached hydrogen (secondary N) is 1. The highest BCUT2D eigenvalue weighted by atomic mass is 35.5. The topological polar surface area (TPSA) is 38.8 Å². The first-order chi connectivity index (χ1) is 19.4. The fraction of sp³-hybridized carbons (Fsp3) is 0.594. The summed E-state index contributed by atoms with van der Waals surface area (Å²) >= 11 is 5.75. The number of hydrogen-bond acceptors (Lipinski definition) is 5. The molecule has 0 bridgehead atoms. The van der Waals surface area contributed by atoms with Gasteiger partial charge in [0.25, 0.3) is 0 Å². The van der Waals surface area contributed by atoms with Crippen LogP contribution in [0.15, 0.2) is 47.4 Å². The number of nitrogens with zero attached hydrogens (tertiary/aromatic N) is 3. The Bertz CT molecular complexity index is 1150. The van der Waals surface area contributed by atoms with Crippen molar-refractivity contribution in [3.63, 3.8) is 0 Å². The van der Waals surface area contributed by atoms with Crippen molar-refractivity contribution in [2.24, 2.45) is 0 Å². The van der Waals surface area contributed by atoms with Crippen molar-refractivity contribution in [3.8, 4) is 0 Å². The SMILES string of the molecule is C.CC(C)(C)c1ccc(N2CCCN(CCCC(=O)N3CCC(Nc4ccc(Cl)c(SC(F)(F)F)c4)CC3)CC2)cc1. The lowest BCUT2D eigenvalue weighted by molar-refractivity contribution is -0.132. The molecule has 2 fully saturated rings. The van der Waals surface area contributed by atoms with Crippen LogP contribution in [-0.4, -0.2) is 73.1 Å². The number of hydrogen-bond donors (Lipinski definition) is 1. The Labute approximate surface area is 259 Å². The van der Waals surface area contributed by atoms with Gasteiger partial charge in [0.15, 0.2) is 0 Å². The Morgan fingerprint density at radius 2 is 1.67 bits per heavy atom. The van der Waals surface area contributed by atoms with Crippen LogP contribution in [-0.2, 0) is 10.2 Å². The minimum Gasteiger partial charge on any atom is -0.382 e. The highest BCUT2D eigenvalue weighted by Crippen LogP contribution is 2.41. The monoisotopic (exact) mass is 626 g/mol. The van der Waals surface area contributed by atoms with Crippen LogP contribution in [0, 0.1) is 0 Å². The van der Waals surface area contributed by atoms with Gasteiger partial charge in [0.1, 0.15) is 0 Å². The van der Waals surface area contributed by atoms with Gasteiger partial charge in [-0.25, -0.2) is 0 Å². The van der Waals surface area contributed by atoms with Crippen LogP contribution in [0.2, 0.25) is 5.02 Å². The van der Waals surface area contributed by atoms with Gasteiger partial charge in [-0.05, 0) is 91.8 Å². The predicted molar refractivity (Wildman–Crippen MR) is 171 cm³/mol. The summed E-state index contributed by atoms with van der Waals surface area (Å²) in [6, 6.07) is 13.7. The second kappa shape index (κ2) is 15.1. The minimum atomic E-state index is -4.39. The van der Waals surface area contributed by atoms with E-state index in [0.717, 1.165) is 58.4 Å². The van der Waals surface area contributed by atoms with Crippen molar-refractivity contribution in [2.75, 3.05) is 56.0 Å². The highest BCUT2D eigenvalue weighted by Gasteiger charge is 2.31. The zero-order valence-corrected chi connectivity index (χ0v) is 25.8. The van der Waals surface area contributed by atoms with Gasteiger partial charge in [-0.15, -0.1) is 0 Å². The van der Waals surface area contributed by atoms with Crippen molar-refractivity contribution in [1.29, 1.82) is 0 Å². The molecule has 10 heteroatoms. The molecular formula is C32H46ClF3N4OS. The van der Waals surface area contributed by atoms with Crippen LogP contribution in [0.5, 0.6) is 0 Å². The summed E-state index contributed by atoms with van der Waals surface area (Å²) < 4.78 is 38.4. The van der Waals surface area contributed by atoms with E-state index in [2.05, 4.69) is 60.2 Å². The molecule has 0 aliphatic carbocycles. The average molecular weight is 627 g/mol. The van der Waals surface area contributed by atoms with Crippen LogP contribution >= 0.6 is 23.4 Å². The molecule has 1 N–H and O–H groups in total. The van der Waals surface area contributed by atoms with Gasteiger partial charge in [0.2, 0.25) is 5.91 Å². The van der Waals surface area contributed by atoms with E-state index in [1.54, 1.807) is 6.07 Å². The Morgan fingerprint density at radius 3 is 2.31 bits per heavy atom. The van der Waals surface area contributed by atoms with E-state index in [9.17, 15) is 18.0 Å². The minimum absolute atomic E-state index is 0. The lowest BCUT2D eigenvalue weighted by Crippen LogP contribution is -2.42. The van der Waals surface area contributed by atoms with Gasteiger partial charge in [-0.1, -0.05) is 51.9 Å². The molecule has 2 heterocycles. The first-order valence-electron chi connectivity index (χ1n) is 14.5. The van der Waals surface area contributed by atoms with Gasteiger partial charge in [0, 0.05) is 61.5 Å². The lowest BCUT2D eigenvalue weighted by atomic mass is 9.87. The Balaban J connectivity index is 0.00000484. The molecule has 1 amide bonds. The summed E-state index contributed by atoms with van der Waals surface area (Å²) in [6.07, 6.45) is 4.02. The van der Waals surface area contributed by atoms with E-state index in [1.165, 1.54) is 23.4 Å². The van der Waals surface area contributed by atoms with E-state index >= 15 is 0 Å². The van der Waals surface area contributed by atoms with Crippen LogP contribution in [0.1, 0.15) is 65.9 Å². The first-order valence-corrected chi connectivity index (χ1v) is 15.7. The quantitative estimate of drug-likeness (QED) is 0.299. The van der Waals surface area contributed by atoms with E-state index in [4.69, 9.17) is 11.6 Å². The molecule has 2 saturated heterocycles. The second-order valence-electron chi connectivity index (χ2n) is 12.1. The number of rotatable bonds is 8. The lowest BCUT2D eigenvalue weighted by Gasteiger charge is -2.33. The third-order valence-electron chi connectivity index (χ3n) is 7.93. The number of thioether (sulfide) groups is 1. The standard InChI is InChI=1S/C31H42ClF3N4OS.CH4/c1-30(2,3)23-7-10-26(11-8-23)38-17-5-16-37(20-21-38)15-4-6-29(40)39-18-13-24(14-19-39)36-25-9-12-27(32)28(22-25)41-31(33,34)35;/h7-12,22,24,36H,4-6,13-21H2,1-3H3;1H4. The van der Waals surface area contributed by atoms with Crippen molar-refractivity contribution < 1.29 is 18.0 Å². The third kappa shape index (κ3) is 10.3. The van der Waals surface area contributed by atoms with E-state index in [1.807, 2.05) is 4.90 Å². The van der Waals surface area contributed by atoms with E-state index in [-0.39, 0.29) is 46.5 Å². The highest BCUT2D eigenvalue weighted by molar-refractivity contribution is 8.00. The van der Waals surface area contributed by atoms with Gasteiger partial charge in [-0.2, -0.15) is 13.2 Å². The van der Waals surface area contributed by atoms with Crippen LogP contribution < -0.4 is 10.2 Å². The number of likely N-dealkylation sites (tertiary alicyclic amines) is 1. The summed E-state index contributed by atoms with van der Waals surface area (Å²) in [6.45, 7) is 13.0. The molecule has 5 nitrogen and oxygen atoms in total. The number of carbonyl (C=O) groups excluding carboxylic acids is 1. The number of alkyl halides is 3. The fourth-order valence-corrected chi connectivity index (χ4v) is 6.38. The van der Waals surface area contributed by atoms with Crippen molar-refractivity contribution in [3.05, 3.63) is 53.1 Å². The average Bonchev–Trinajstić information content (AvgIpc) is 3.15. The zero-order valence-electron chi connectivity index (χ0n) is 24.3. The summed E-state index contributed by atoms with van der Waals surface area (Å²) in [5.74, 6) is 0.189. The Morgan fingerprint density at radius 1 is 0.976 bits per heavy atom. The molecule has 4 rings (SSSR count). The smallest absolute Gasteiger partial charge is 0.382 e. The molecule has 42 heavy (non-hydrogen) atoms. The largest absolute Gasteiger partial charge is 0.446 e. The second-order valence-corrected chi connectivity index (χ2v) is 13.6. The normalized spacial score (nSPS) is 17.5. The summed E-state index contributed by atoms with van der Waals surface area (Å²) in [4.78, 5) is 19.7. The van der Waals surface area contributed by atoms with Gasteiger partial charge in [-0.3, -0.25) is 4.79 Å². The van der Waals surface area contributed by atoms with E-state index < -0.39 is 5.51 Å². The summed E-state index contributed by atoms with van der Waals surface area (Å²) in [5.41, 5.74) is -0.988. The molecule has 2 aliphatic heterocycles. The number of piperidine rings is 1. The third-order valence-corrected chi connectivity index (χ3v) is 9.16. The fourth-order valence-electron chi connectivity index (χ4n) is 5.54.